The van der Waals surface area contributed by atoms with Crippen molar-refractivity contribution in [3.05, 3.63) is 113 Å². The number of benzene rings is 3. The first-order valence-corrected chi connectivity index (χ1v) is 12.4. The number of hydrogen-bond acceptors (Lipinski definition) is 0. The summed E-state index contributed by atoms with van der Waals surface area (Å²) in [5.74, 6) is 0. The van der Waals surface area contributed by atoms with Crippen molar-refractivity contribution in [1.29, 1.82) is 0 Å². The minimum absolute atomic E-state index is 0. The molecule has 0 saturated carbocycles. The fraction of sp³-hybridized carbons (Fsp3) is 0.214. The fourth-order valence-corrected chi connectivity index (χ4v) is 11.5. The minimum Gasteiger partial charge on any atom is -1.00 e. The molecule has 3 aromatic carbocycles. The van der Waals surface area contributed by atoms with Crippen LogP contribution in [0.15, 0.2) is 102 Å². The zero-order valence-corrected chi connectivity index (χ0v) is 24.5. The maximum absolute atomic E-state index is 4.00. The van der Waals surface area contributed by atoms with Crippen LogP contribution in [0, 0.1) is 13.0 Å². The van der Waals surface area contributed by atoms with Gasteiger partial charge in [-0.25, -0.2) is 5.57 Å². The van der Waals surface area contributed by atoms with E-state index in [0.717, 1.165) is 0 Å². The molecule has 0 saturated heterocycles. The summed E-state index contributed by atoms with van der Waals surface area (Å²) in [4.78, 5) is 0. The molecule has 1 aliphatic rings. The third-order valence-corrected chi connectivity index (χ3v) is 12.8. The molecule has 0 aliphatic heterocycles. The van der Waals surface area contributed by atoms with Gasteiger partial charge >= 0.3 is 21.7 Å². The molecule has 5 heteroatoms. The third kappa shape index (κ3) is 5.01. The summed E-state index contributed by atoms with van der Waals surface area (Å²) in [6.07, 6.45) is 4.00. The van der Waals surface area contributed by atoms with Crippen molar-refractivity contribution in [2.24, 2.45) is 0 Å². The second kappa shape index (κ2) is 12.6. The van der Waals surface area contributed by atoms with Crippen LogP contribution in [0.2, 0.25) is 5.04 Å². The van der Waals surface area contributed by atoms with E-state index in [-0.39, 0.29) is 64.0 Å². The van der Waals surface area contributed by atoms with Gasteiger partial charge in [-0.2, -0.15) is 11.1 Å². The second-order valence-corrected chi connectivity index (χ2v) is 12.6. The van der Waals surface area contributed by atoms with Gasteiger partial charge in [0.2, 0.25) is 0 Å². The molecule has 0 spiro atoms. The average Bonchev–Trinajstić information content (AvgIpc) is 2.95. The van der Waals surface area contributed by atoms with E-state index in [1.807, 2.05) is 0 Å². The van der Waals surface area contributed by atoms with E-state index in [1.165, 1.54) is 37.8 Å². The molecule has 0 heterocycles. The molecule has 33 heavy (non-hydrogen) atoms. The van der Waals surface area contributed by atoms with Gasteiger partial charge in [0.05, 0.1) is 0 Å². The molecule has 170 valence electrons. The molecule has 0 aromatic heterocycles. The van der Waals surface area contributed by atoms with Crippen molar-refractivity contribution >= 4 is 23.6 Å². The maximum Gasteiger partial charge on any atom is 4.00 e. The normalized spacial score (nSPS) is 17.1. The van der Waals surface area contributed by atoms with Crippen LogP contribution in [0.5, 0.6) is 0 Å². The van der Waals surface area contributed by atoms with Gasteiger partial charge in [0.25, 0.3) is 0 Å². The maximum atomic E-state index is 4.00. The Hall–Kier alpha value is -1.06. The van der Waals surface area contributed by atoms with Crippen LogP contribution >= 0.6 is 0 Å². The van der Waals surface area contributed by atoms with Crippen LogP contribution in [0.4, 0.5) is 0 Å². The van der Waals surface area contributed by atoms with E-state index in [2.05, 4.69) is 126 Å². The van der Waals surface area contributed by atoms with Crippen molar-refractivity contribution < 1.29 is 58.9 Å². The SMILES string of the molecule is CC1=[C-]C(C)([Si](c2ccccc2)(c2ccccc2)c2ccccc2C)C(C)=C1C.[Cl-].[Cl-].[Cl-].[Ti+4]. The van der Waals surface area contributed by atoms with Crippen LogP contribution in [-0.4, -0.2) is 8.07 Å². The van der Waals surface area contributed by atoms with Gasteiger partial charge in [-0.1, -0.05) is 116 Å². The van der Waals surface area contributed by atoms with Crippen LogP contribution in [0.25, 0.3) is 0 Å². The van der Waals surface area contributed by atoms with Crippen LogP contribution in [-0.2, 0) is 21.7 Å². The average molecular weight is 548 g/mol. The molecule has 1 unspecified atom stereocenters. The van der Waals surface area contributed by atoms with E-state index >= 15 is 0 Å². The molecule has 1 atom stereocenters. The molecule has 0 amide bonds. The van der Waals surface area contributed by atoms with Crippen molar-refractivity contribution in [1.82, 2.24) is 0 Å². The Balaban J connectivity index is 0.00000256. The molecular weight excluding hydrogens is 519 g/mol. The van der Waals surface area contributed by atoms with Gasteiger partial charge < -0.3 is 37.2 Å². The molecule has 0 fully saturated rings. The van der Waals surface area contributed by atoms with Gasteiger partial charge in [-0.05, 0) is 22.5 Å². The van der Waals surface area contributed by atoms with E-state index in [1.54, 1.807) is 0 Å². The number of aryl methyl sites for hydroxylation is 1. The molecular formula is C28H29Cl3SiTi. The molecule has 0 bridgehead atoms. The predicted molar refractivity (Wildman–Crippen MR) is 128 cm³/mol. The van der Waals surface area contributed by atoms with Crippen molar-refractivity contribution in [2.45, 2.75) is 39.7 Å². The summed E-state index contributed by atoms with van der Waals surface area (Å²) >= 11 is 0. The summed E-state index contributed by atoms with van der Waals surface area (Å²) in [5.41, 5.74) is 5.51. The first kappa shape index (κ1) is 31.9. The Morgan fingerprint density at radius 2 is 1.06 bits per heavy atom. The summed E-state index contributed by atoms with van der Waals surface area (Å²) in [6, 6.07) is 31.4. The molecule has 1 aliphatic carbocycles. The van der Waals surface area contributed by atoms with Gasteiger partial charge in [0.15, 0.2) is 0 Å². The topological polar surface area (TPSA) is 0 Å². The van der Waals surface area contributed by atoms with Crippen LogP contribution < -0.4 is 52.8 Å². The summed E-state index contributed by atoms with van der Waals surface area (Å²) in [6.45, 7) is 11.5. The molecule has 0 N–H and O–H groups in total. The Morgan fingerprint density at radius 1 is 0.636 bits per heavy atom. The van der Waals surface area contributed by atoms with Crippen molar-refractivity contribution in [3.8, 4) is 0 Å². The third-order valence-electron chi connectivity index (χ3n) is 7.03. The standard InChI is InChI=1S/C28H29Si.3ClH.Ti/c1-21-14-12-13-19-27(21)29(25-15-8-6-9-16-25,26-17-10-7-11-18-26)28(5)20-22(2)23(3)24(28)4;;;;/h6-19H,1-5H3;3*1H;/q-1;;;;+4/p-3. The number of halogens is 3. The Bertz CT molecular complexity index is 1070. The second-order valence-electron chi connectivity index (χ2n) is 8.42. The van der Waals surface area contributed by atoms with E-state index < -0.39 is 8.07 Å². The minimum atomic E-state index is -2.50. The number of allylic oxidation sites excluding steroid dienone is 4. The van der Waals surface area contributed by atoms with E-state index in [4.69, 9.17) is 0 Å². The monoisotopic (exact) mass is 546 g/mol. The summed E-state index contributed by atoms with van der Waals surface area (Å²) in [7, 11) is -2.50. The molecule has 3 aromatic rings. The molecule has 4 rings (SSSR count). The largest absolute Gasteiger partial charge is 4.00 e. The first-order valence-electron chi connectivity index (χ1n) is 10.4. The van der Waals surface area contributed by atoms with Crippen molar-refractivity contribution in [2.75, 3.05) is 0 Å². The zero-order valence-electron chi connectivity index (χ0n) is 19.7. The van der Waals surface area contributed by atoms with Crippen LogP contribution in [0.3, 0.4) is 0 Å². The summed E-state index contributed by atoms with van der Waals surface area (Å²) < 4.78 is 0. The molecule has 0 radical (unpaired) electrons. The van der Waals surface area contributed by atoms with Crippen molar-refractivity contribution in [3.63, 3.8) is 0 Å². The Kier molecular flexibility index (Phi) is 12.2. The smallest absolute Gasteiger partial charge is 1.00 e. The number of hydrogen-bond donors (Lipinski definition) is 0. The Morgan fingerprint density at radius 3 is 1.45 bits per heavy atom. The quantitative estimate of drug-likeness (QED) is 0.180. The van der Waals surface area contributed by atoms with E-state index in [0.29, 0.717) is 0 Å². The van der Waals surface area contributed by atoms with Gasteiger partial charge in [0, 0.05) is 0 Å². The zero-order chi connectivity index (χ0) is 20.6. The van der Waals surface area contributed by atoms with Gasteiger partial charge in [-0.15, -0.1) is 6.92 Å². The summed E-state index contributed by atoms with van der Waals surface area (Å²) in [5, 5.41) is 4.21. The predicted octanol–water partition coefficient (Wildman–Crippen LogP) is -3.67. The first-order chi connectivity index (χ1) is 13.9. The fourth-order valence-electron chi connectivity index (χ4n) is 5.29. The van der Waals surface area contributed by atoms with Crippen LogP contribution in [0.1, 0.15) is 33.3 Å². The van der Waals surface area contributed by atoms with E-state index in [9.17, 15) is 0 Å². The Labute approximate surface area is 234 Å². The van der Waals surface area contributed by atoms with Gasteiger partial charge in [-0.3, -0.25) is 6.08 Å². The number of rotatable bonds is 4. The van der Waals surface area contributed by atoms with Gasteiger partial charge in [0.1, 0.15) is 8.07 Å². The molecule has 0 nitrogen and oxygen atoms in total.